The van der Waals surface area contributed by atoms with Crippen LogP contribution in [0.4, 0.5) is 0 Å². The molecule has 0 saturated heterocycles. The van der Waals surface area contributed by atoms with E-state index in [1.807, 2.05) is 0 Å². The molecule has 17 heavy (non-hydrogen) atoms. The van der Waals surface area contributed by atoms with E-state index >= 15 is 0 Å². The van der Waals surface area contributed by atoms with Gasteiger partial charge in [-0.15, -0.1) is 0 Å². The second kappa shape index (κ2) is 6.18. The lowest BCUT2D eigenvalue weighted by molar-refractivity contribution is 0.0412. The first-order valence-corrected chi connectivity index (χ1v) is 5.50. The number of aliphatic hydroxyl groups excluding tert-OH is 3. The Morgan fingerprint density at radius 3 is 2.24 bits per heavy atom. The number of phenols is 1. The zero-order chi connectivity index (χ0) is 12.9. The monoisotopic (exact) mass is 261 g/mol. The van der Waals surface area contributed by atoms with E-state index in [0.29, 0.717) is 10.6 Å². The van der Waals surface area contributed by atoms with E-state index in [1.165, 1.54) is 6.07 Å². The molecular weight excluding hydrogens is 246 g/mol. The second-order valence-corrected chi connectivity index (χ2v) is 4.32. The summed E-state index contributed by atoms with van der Waals surface area (Å²) < 4.78 is 0. The highest BCUT2D eigenvalue weighted by Crippen LogP contribution is 2.21. The van der Waals surface area contributed by atoms with Crippen molar-refractivity contribution in [1.82, 2.24) is 5.32 Å². The summed E-state index contributed by atoms with van der Waals surface area (Å²) in [5.74, 6) is 0.0598. The molecule has 5 nitrogen and oxygen atoms in total. The lowest BCUT2D eigenvalue weighted by Crippen LogP contribution is -2.54. The van der Waals surface area contributed by atoms with Gasteiger partial charge in [-0.25, -0.2) is 0 Å². The van der Waals surface area contributed by atoms with Crippen LogP contribution in [0.2, 0.25) is 5.02 Å². The first-order valence-electron chi connectivity index (χ1n) is 5.12. The Bertz CT molecular complexity index is 360. The van der Waals surface area contributed by atoms with Crippen molar-refractivity contribution < 1.29 is 20.4 Å². The van der Waals surface area contributed by atoms with Crippen LogP contribution in [0.3, 0.4) is 0 Å². The SMILES string of the molecule is OCC(CO)(CO)NCc1cc(Cl)ccc1O. The fourth-order valence-corrected chi connectivity index (χ4v) is 1.49. The number of hydrogen-bond donors (Lipinski definition) is 5. The summed E-state index contributed by atoms with van der Waals surface area (Å²) in [5, 5.41) is 40.2. The average Bonchev–Trinajstić information content (AvgIpc) is 2.35. The number of phenolic OH excluding ortho intramolecular Hbond substituents is 1. The van der Waals surface area contributed by atoms with Gasteiger partial charge in [0.1, 0.15) is 5.75 Å². The van der Waals surface area contributed by atoms with Crippen molar-refractivity contribution in [3.8, 4) is 5.75 Å². The molecule has 6 heteroatoms. The molecule has 0 aliphatic carbocycles. The number of hydrogen-bond acceptors (Lipinski definition) is 5. The summed E-state index contributed by atoms with van der Waals surface area (Å²) in [6, 6.07) is 4.58. The maximum atomic E-state index is 9.56. The molecule has 0 bridgehead atoms. The third kappa shape index (κ3) is 3.55. The molecule has 1 aromatic carbocycles. The molecule has 0 aliphatic heterocycles. The predicted octanol–water partition coefficient (Wildman–Crippen LogP) is -0.149. The molecule has 0 atom stereocenters. The minimum atomic E-state index is -1.17. The highest BCUT2D eigenvalue weighted by atomic mass is 35.5. The molecule has 0 spiro atoms. The van der Waals surface area contributed by atoms with Gasteiger partial charge in [0.05, 0.1) is 25.4 Å². The molecule has 0 unspecified atom stereocenters. The van der Waals surface area contributed by atoms with Crippen LogP contribution < -0.4 is 5.32 Å². The smallest absolute Gasteiger partial charge is 0.120 e. The van der Waals surface area contributed by atoms with Gasteiger partial charge in [0.15, 0.2) is 0 Å². The van der Waals surface area contributed by atoms with Gasteiger partial charge in [0.2, 0.25) is 0 Å². The van der Waals surface area contributed by atoms with Gasteiger partial charge in [-0.05, 0) is 18.2 Å². The number of rotatable bonds is 6. The number of aromatic hydroxyl groups is 1. The van der Waals surface area contributed by atoms with Crippen LogP contribution in [0, 0.1) is 0 Å². The Kier molecular flexibility index (Phi) is 5.17. The molecule has 0 saturated carbocycles. The molecule has 0 aliphatic rings. The quantitative estimate of drug-likeness (QED) is 0.491. The number of aliphatic hydroxyl groups is 3. The zero-order valence-electron chi connectivity index (χ0n) is 9.23. The Labute approximate surface area is 104 Å². The Morgan fingerprint density at radius 1 is 1.12 bits per heavy atom. The van der Waals surface area contributed by atoms with Gasteiger partial charge in [-0.1, -0.05) is 11.6 Å². The number of benzene rings is 1. The maximum absolute atomic E-state index is 9.56. The van der Waals surface area contributed by atoms with E-state index in [2.05, 4.69) is 5.32 Å². The van der Waals surface area contributed by atoms with Gasteiger partial charge < -0.3 is 25.7 Å². The molecule has 0 heterocycles. The van der Waals surface area contributed by atoms with Crippen molar-refractivity contribution in [3.63, 3.8) is 0 Å². The molecule has 96 valence electrons. The Balaban J connectivity index is 2.75. The van der Waals surface area contributed by atoms with Crippen LogP contribution in [-0.2, 0) is 6.54 Å². The second-order valence-electron chi connectivity index (χ2n) is 3.88. The van der Waals surface area contributed by atoms with Gasteiger partial charge in [-0.2, -0.15) is 0 Å². The summed E-state index contributed by atoms with van der Waals surface area (Å²) in [7, 11) is 0. The largest absolute Gasteiger partial charge is 0.508 e. The highest BCUT2D eigenvalue weighted by Gasteiger charge is 2.27. The summed E-state index contributed by atoms with van der Waals surface area (Å²) in [5.41, 5.74) is -0.647. The molecule has 1 aromatic rings. The minimum absolute atomic E-state index is 0.0598. The van der Waals surface area contributed by atoms with E-state index < -0.39 is 25.4 Å². The van der Waals surface area contributed by atoms with Crippen LogP contribution in [-0.4, -0.2) is 45.8 Å². The summed E-state index contributed by atoms with van der Waals surface area (Å²) in [6.07, 6.45) is 0. The van der Waals surface area contributed by atoms with Crippen LogP contribution in [0.15, 0.2) is 18.2 Å². The highest BCUT2D eigenvalue weighted by molar-refractivity contribution is 6.30. The molecule has 5 N–H and O–H groups in total. The van der Waals surface area contributed by atoms with Crippen molar-refractivity contribution >= 4 is 11.6 Å². The lowest BCUT2D eigenvalue weighted by Gasteiger charge is -2.29. The van der Waals surface area contributed by atoms with E-state index in [-0.39, 0.29) is 12.3 Å². The molecule has 0 fully saturated rings. The average molecular weight is 262 g/mol. The zero-order valence-corrected chi connectivity index (χ0v) is 9.98. The van der Waals surface area contributed by atoms with Gasteiger partial charge in [0.25, 0.3) is 0 Å². The van der Waals surface area contributed by atoms with Crippen molar-refractivity contribution in [2.24, 2.45) is 0 Å². The fourth-order valence-electron chi connectivity index (χ4n) is 1.30. The van der Waals surface area contributed by atoms with E-state index in [9.17, 15) is 5.11 Å². The summed E-state index contributed by atoms with van der Waals surface area (Å²) in [4.78, 5) is 0. The van der Waals surface area contributed by atoms with Crippen LogP contribution in [0.5, 0.6) is 5.75 Å². The third-order valence-electron chi connectivity index (χ3n) is 2.60. The van der Waals surface area contributed by atoms with Crippen LogP contribution >= 0.6 is 11.6 Å². The normalized spacial score (nSPS) is 11.8. The first-order chi connectivity index (χ1) is 8.06. The molecule has 0 aromatic heterocycles. The van der Waals surface area contributed by atoms with Crippen molar-refractivity contribution in [1.29, 1.82) is 0 Å². The molecular formula is C11H16ClNO4. The maximum Gasteiger partial charge on any atom is 0.120 e. The Morgan fingerprint density at radius 2 is 1.71 bits per heavy atom. The van der Waals surface area contributed by atoms with E-state index in [1.54, 1.807) is 12.1 Å². The van der Waals surface area contributed by atoms with Crippen LogP contribution in [0.1, 0.15) is 5.56 Å². The molecule has 0 amide bonds. The lowest BCUT2D eigenvalue weighted by atomic mass is 10.0. The molecule has 0 radical (unpaired) electrons. The van der Waals surface area contributed by atoms with E-state index in [0.717, 1.165) is 0 Å². The first kappa shape index (κ1) is 14.2. The van der Waals surface area contributed by atoms with Gasteiger partial charge >= 0.3 is 0 Å². The number of nitrogens with one attached hydrogen (secondary N) is 1. The molecule has 1 rings (SSSR count). The third-order valence-corrected chi connectivity index (χ3v) is 2.84. The van der Waals surface area contributed by atoms with E-state index in [4.69, 9.17) is 26.9 Å². The van der Waals surface area contributed by atoms with Gasteiger partial charge in [-0.3, -0.25) is 0 Å². The Hall–Kier alpha value is -0.850. The topological polar surface area (TPSA) is 93.0 Å². The van der Waals surface area contributed by atoms with Crippen molar-refractivity contribution in [2.45, 2.75) is 12.1 Å². The van der Waals surface area contributed by atoms with Crippen molar-refractivity contribution in [3.05, 3.63) is 28.8 Å². The standard InChI is InChI=1S/C11H16ClNO4/c12-9-1-2-10(17)8(3-9)4-13-11(5-14,6-15)7-16/h1-3,13-17H,4-7H2. The minimum Gasteiger partial charge on any atom is -0.508 e. The van der Waals surface area contributed by atoms with Crippen molar-refractivity contribution in [2.75, 3.05) is 19.8 Å². The summed E-state index contributed by atoms with van der Waals surface area (Å²) in [6.45, 7) is -1.07. The number of halogens is 1. The summed E-state index contributed by atoms with van der Waals surface area (Å²) >= 11 is 5.78. The predicted molar refractivity (Wildman–Crippen MR) is 63.9 cm³/mol. The van der Waals surface area contributed by atoms with Gasteiger partial charge in [0, 0.05) is 17.1 Å². The van der Waals surface area contributed by atoms with Crippen LogP contribution in [0.25, 0.3) is 0 Å². The fraction of sp³-hybridized carbons (Fsp3) is 0.455.